The topological polar surface area (TPSA) is 46.0 Å². The SMILES string of the molecule is OCCCc1ccccc1-c1cscn1.c1cscn1. The molecular formula is C15H16N2OS2. The third kappa shape index (κ3) is 4.52. The van der Waals surface area contributed by atoms with Gasteiger partial charge in [0.1, 0.15) is 0 Å². The molecule has 0 atom stereocenters. The molecule has 0 aliphatic heterocycles. The second-order valence-corrected chi connectivity index (χ2v) is 5.51. The van der Waals surface area contributed by atoms with Crippen molar-refractivity contribution < 1.29 is 5.11 Å². The molecule has 3 rings (SSSR count). The number of hydrogen-bond acceptors (Lipinski definition) is 5. The van der Waals surface area contributed by atoms with Gasteiger partial charge >= 0.3 is 0 Å². The normalized spacial score (nSPS) is 9.85. The van der Waals surface area contributed by atoms with E-state index in [0.29, 0.717) is 0 Å². The molecular weight excluding hydrogens is 288 g/mol. The van der Waals surface area contributed by atoms with Crippen molar-refractivity contribution in [1.82, 2.24) is 9.97 Å². The maximum atomic E-state index is 8.84. The maximum absolute atomic E-state index is 8.84. The number of rotatable bonds is 4. The number of nitrogens with zero attached hydrogens (tertiary/aromatic N) is 2. The van der Waals surface area contributed by atoms with E-state index in [0.717, 1.165) is 18.5 Å². The lowest BCUT2D eigenvalue weighted by Crippen LogP contribution is -1.92. The van der Waals surface area contributed by atoms with Gasteiger partial charge in [0.05, 0.1) is 16.7 Å². The fourth-order valence-electron chi connectivity index (χ4n) is 1.78. The minimum Gasteiger partial charge on any atom is -0.396 e. The molecule has 0 aliphatic carbocycles. The summed E-state index contributed by atoms with van der Waals surface area (Å²) in [6.07, 6.45) is 3.48. The van der Waals surface area contributed by atoms with Crippen LogP contribution in [0, 0.1) is 0 Å². The number of aliphatic hydroxyl groups is 1. The monoisotopic (exact) mass is 304 g/mol. The van der Waals surface area contributed by atoms with E-state index in [9.17, 15) is 0 Å². The van der Waals surface area contributed by atoms with E-state index in [1.54, 1.807) is 34.4 Å². The first kappa shape index (κ1) is 14.8. The van der Waals surface area contributed by atoms with E-state index < -0.39 is 0 Å². The van der Waals surface area contributed by atoms with Gasteiger partial charge in [0.25, 0.3) is 0 Å². The molecule has 1 aromatic carbocycles. The first-order valence-electron chi connectivity index (χ1n) is 6.31. The minimum atomic E-state index is 0.241. The smallest absolute Gasteiger partial charge is 0.0813 e. The summed E-state index contributed by atoms with van der Waals surface area (Å²) < 4.78 is 0. The van der Waals surface area contributed by atoms with Gasteiger partial charge in [-0.15, -0.1) is 22.7 Å². The fraction of sp³-hybridized carbons (Fsp3) is 0.200. The molecule has 104 valence electrons. The van der Waals surface area contributed by atoms with Crippen LogP contribution in [0.1, 0.15) is 12.0 Å². The van der Waals surface area contributed by atoms with Crippen molar-refractivity contribution in [3.05, 3.63) is 57.8 Å². The number of thiazole rings is 2. The largest absolute Gasteiger partial charge is 0.396 e. The van der Waals surface area contributed by atoms with Gasteiger partial charge < -0.3 is 5.11 Å². The van der Waals surface area contributed by atoms with Gasteiger partial charge in [-0.1, -0.05) is 24.3 Å². The van der Waals surface area contributed by atoms with E-state index in [2.05, 4.69) is 27.5 Å². The van der Waals surface area contributed by atoms with Crippen LogP contribution in [0.15, 0.2) is 52.2 Å². The Morgan fingerprint density at radius 2 is 2.00 bits per heavy atom. The van der Waals surface area contributed by atoms with Crippen molar-refractivity contribution in [3.8, 4) is 11.3 Å². The predicted molar refractivity (Wildman–Crippen MR) is 85.1 cm³/mol. The number of benzene rings is 1. The van der Waals surface area contributed by atoms with Crippen LogP contribution in [0.25, 0.3) is 11.3 Å². The highest BCUT2D eigenvalue weighted by Crippen LogP contribution is 2.24. The first-order chi connectivity index (χ1) is 9.92. The maximum Gasteiger partial charge on any atom is 0.0813 e. The fourth-order valence-corrected chi connectivity index (χ4v) is 2.68. The average molecular weight is 304 g/mol. The lowest BCUT2D eigenvalue weighted by Gasteiger charge is -2.05. The van der Waals surface area contributed by atoms with Gasteiger partial charge in [-0.25, -0.2) is 4.98 Å². The van der Waals surface area contributed by atoms with Gasteiger partial charge in [0.2, 0.25) is 0 Å². The molecule has 2 aromatic heterocycles. The molecule has 3 aromatic rings. The van der Waals surface area contributed by atoms with E-state index in [-0.39, 0.29) is 6.61 Å². The Labute approximate surface area is 126 Å². The van der Waals surface area contributed by atoms with Crippen LogP contribution in [-0.4, -0.2) is 21.7 Å². The van der Waals surface area contributed by atoms with Gasteiger partial charge in [0.15, 0.2) is 0 Å². The molecule has 2 heterocycles. The van der Waals surface area contributed by atoms with E-state index in [1.165, 1.54) is 11.1 Å². The van der Waals surface area contributed by atoms with Gasteiger partial charge in [0, 0.05) is 29.1 Å². The Morgan fingerprint density at radius 1 is 1.10 bits per heavy atom. The Kier molecular flexibility index (Phi) is 6.37. The summed E-state index contributed by atoms with van der Waals surface area (Å²) in [6, 6.07) is 8.24. The Morgan fingerprint density at radius 3 is 2.60 bits per heavy atom. The lowest BCUT2D eigenvalue weighted by molar-refractivity contribution is 0.288. The van der Waals surface area contributed by atoms with Crippen molar-refractivity contribution in [3.63, 3.8) is 0 Å². The summed E-state index contributed by atoms with van der Waals surface area (Å²) in [4.78, 5) is 8.05. The zero-order chi connectivity index (χ0) is 14.0. The minimum absolute atomic E-state index is 0.241. The summed E-state index contributed by atoms with van der Waals surface area (Å²) in [7, 11) is 0. The highest BCUT2D eigenvalue weighted by Gasteiger charge is 2.05. The second-order valence-electron chi connectivity index (χ2n) is 4.03. The molecule has 0 radical (unpaired) electrons. The van der Waals surface area contributed by atoms with Crippen LogP contribution < -0.4 is 0 Å². The highest BCUT2D eigenvalue weighted by molar-refractivity contribution is 7.08. The molecule has 0 spiro atoms. The molecule has 5 heteroatoms. The molecule has 0 unspecified atom stereocenters. The number of aryl methyl sites for hydroxylation is 1. The average Bonchev–Trinajstić information content (AvgIpc) is 3.20. The van der Waals surface area contributed by atoms with E-state index >= 15 is 0 Å². The standard InChI is InChI=1S/C12H13NOS.C3H3NS/c14-7-3-5-10-4-1-2-6-11(10)12-8-15-9-13-12;1-2-5-3-4-1/h1-2,4,6,8-9,14H,3,5,7H2;1-3H. The lowest BCUT2D eigenvalue weighted by atomic mass is 10.0. The van der Waals surface area contributed by atoms with Crippen LogP contribution in [0.4, 0.5) is 0 Å². The number of aromatic nitrogens is 2. The summed E-state index contributed by atoms with van der Waals surface area (Å²) in [5.74, 6) is 0. The van der Waals surface area contributed by atoms with Crippen LogP contribution in [-0.2, 0) is 6.42 Å². The quantitative estimate of drug-likeness (QED) is 0.795. The second kappa shape index (κ2) is 8.58. The van der Waals surface area contributed by atoms with Gasteiger partial charge in [-0.3, -0.25) is 4.98 Å². The van der Waals surface area contributed by atoms with Crippen LogP contribution in [0.2, 0.25) is 0 Å². The Hall–Kier alpha value is -1.56. The molecule has 0 fully saturated rings. The molecule has 0 bridgehead atoms. The molecule has 0 amide bonds. The molecule has 3 nitrogen and oxygen atoms in total. The van der Waals surface area contributed by atoms with Crippen molar-refractivity contribution in [2.24, 2.45) is 0 Å². The molecule has 20 heavy (non-hydrogen) atoms. The first-order valence-corrected chi connectivity index (χ1v) is 8.20. The van der Waals surface area contributed by atoms with E-state index in [1.807, 2.05) is 23.0 Å². The summed E-state index contributed by atoms with van der Waals surface area (Å²) in [6.45, 7) is 0.241. The summed E-state index contributed by atoms with van der Waals surface area (Å²) >= 11 is 3.21. The molecule has 0 saturated carbocycles. The third-order valence-electron chi connectivity index (χ3n) is 2.68. The number of aliphatic hydroxyl groups excluding tert-OH is 1. The van der Waals surface area contributed by atoms with Crippen molar-refractivity contribution in [1.29, 1.82) is 0 Å². The Bertz CT molecular complexity index is 562. The van der Waals surface area contributed by atoms with Crippen molar-refractivity contribution >= 4 is 22.7 Å². The van der Waals surface area contributed by atoms with Gasteiger partial charge in [-0.05, 0) is 18.4 Å². The third-order valence-corrected chi connectivity index (χ3v) is 3.79. The zero-order valence-corrected chi connectivity index (χ0v) is 12.6. The Balaban J connectivity index is 0.000000247. The molecule has 0 aliphatic rings. The van der Waals surface area contributed by atoms with Crippen LogP contribution >= 0.6 is 22.7 Å². The summed E-state index contributed by atoms with van der Waals surface area (Å²) in [5.41, 5.74) is 7.12. The molecule has 1 N–H and O–H groups in total. The van der Waals surface area contributed by atoms with Gasteiger partial charge in [-0.2, -0.15) is 0 Å². The van der Waals surface area contributed by atoms with Crippen molar-refractivity contribution in [2.45, 2.75) is 12.8 Å². The van der Waals surface area contributed by atoms with Crippen LogP contribution in [0.3, 0.4) is 0 Å². The summed E-state index contributed by atoms with van der Waals surface area (Å²) in [5, 5.41) is 12.8. The predicted octanol–water partition coefficient (Wildman–Crippen LogP) is 3.88. The zero-order valence-electron chi connectivity index (χ0n) is 11.0. The van der Waals surface area contributed by atoms with Crippen LogP contribution in [0.5, 0.6) is 0 Å². The highest BCUT2D eigenvalue weighted by atomic mass is 32.1. The van der Waals surface area contributed by atoms with E-state index in [4.69, 9.17) is 5.11 Å². The van der Waals surface area contributed by atoms with Crippen molar-refractivity contribution in [2.75, 3.05) is 6.61 Å². The number of hydrogen-bond donors (Lipinski definition) is 1. The molecule has 0 saturated heterocycles.